The molecule has 0 bridgehead atoms. The molecule has 0 spiro atoms. The Morgan fingerprint density at radius 3 is 2.67 bits per heavy atom. The van der Waals surface area contributed by atoms with Gasteiger partial charge in [-0.3, -0.25) is 4.90 Å². The number of ether oxygens (including phenoxy) is 1. The summed E-state index contributed by atoms with van der Waals surface area (Å²) < 4.78 is 5.32. The van der Waals surface area contributed by atoms with Crippen molar-refractivity contribution in [1.82, 2.24) is 4.90 Å². The van der Waals surface area contributed by atoms with Gasteiger partial charge in [0.15, 0.2) is 0 Å². The smallest absolute Gasteiger partial charge is 0.123 e. The molecule has 0 aliphatic carbocycles. The fourth-order valence-electron chi connectivity index (χ4n) is 2.32. The number of nitrogens with zero attached hydrogens (tertiary/aromatic N) is 1. The van der Waals surface area contributed by atoms with Gasteiger partial charge in [0.25, 0.3) is 0 Å². The zero-order valence-electron chi connectivity index (χ0n) is 11.1. The van der Waals surface area contributed by atoms with Crippen molar-refractivity contribution in [2.24, 2.45) is 5.92 Å². The Morgan fingerprint density at radius 1 is 1.44 bits per heavy atom. The van der Waals surface area contributed by atoms with E-state index in [1.54, 1.807) is 7.11 Å². The van der Waals surface area contributed by atoms with Crippen LogP contribution in [0.5, 0.6) is 5.75 Å². The summed E-state index contributed by atoms with van der Waals surface area (Å²) in [6.45, 7) is 6.29. The lowest BCUT2D eigenvalue weighted by atomic mass is 9.83. The van der Waals surface area contributed by atoms with Gasteiger partial charge in [0.2, 0.25) is 0 Å². The number of likely N-dealkylation sites (tertiary alicyclic amines) is 1. The molecule has 3 nitrogen and oxygen atoms in total. The normalized spacial score (nSPS) is 18.8. The molecular weight excluding hydrogens is 250 g/mol. The summed E-state index contributed by atoms with van der Waals surface area (Å²) in [5, 5.41) is 10.9. The maximum atomic E-state index is 10.2. The van der Waals surface area contributed by atoms with E-state index in [-0.39, 0.29) is 5.92 Å². The topological polar surface area (TPSA) is 32.7 Å². The molecule has 1 aromatic rings. The molecule has 100 valence electrons. The summed E-state index contributed by atoms with van der Waals surface area (Å²) in [7, 11) is 1.66. The van der Waals surface area contributed by atoms with Crippen molar-refractivity contribution in [1.29, 1.82) is 0 Å². The van der Waals surface area contributed by atoms with Crippen LogP contribution in [0, 0.1) is 5.92 Å². The van der Waals surface area contributed by atoms with Crippen LogP contribution < -0.4 is 4.74 Å². The second-order valence-electron chi connectivity index (χ2n) is 5.36. The fourth-order valence-corrected chi connectivity index (χ4v) is 2.51. The van der Waals surface area contributed by atoms with Crippen molar-refractivity contribution in [2.45, 2.75) is 26.0 Å². The van der Waals surface area contributed by atoms with E-state index >= 15 is 0 Å². The van der Waals surface area contributed by atoms with E-state index in [2.05, 4.69) is 18.7 Å². The lowest BCUT2D eigenvalue weighted by Gasteiger charge is -2.49. The van der Waals surface area contributed by atoms with E-state index in [0.29, 0.717) is 18.1 Å². The molecule has 1 heterocycles. The average Bonchev–Trinajstić information content (AvgIpc) is 2.27. The van der Waals surface area contributed by atoms with Gasteiger partial charge in [0, 0.05) is 30.2 Å². The zero-order chi connectivity index (χ0) is 13.3. The first-order valence-corrected chi connectivity index (χ1v) is 6.59. The van der Waals surface area contributed by atoms with Crippen molar-refractivity contribution >= 4 is 11.6 Å². The van der Waals surface area contributed by atoms with Crippen LogP contribution in [-0.2, 0) is 6.54 Å². The maximum Gasteiger partial charge on any atom is 0.123 e. The monoisotopic (exact) mass is 269 g/mol. The SMILES string of the molecule is COc1ccc(Cl)cc1CN1CC(O)(C(C)C)C1. The van der Waals surface area contributed by atoms with Crippen LogP contribution >= 0.6 is 11.6 Å². The van der Waals surface area contributed by atoms with Crippen molar-refractivity contribution in [3.63, 3.8) is 0 Å². The highest BCUT2D eigenvalue weighted by molar-refractivity contribution is 6.30. The van der Waals surface area contributed by atoms with Crippen LogP contribution in [-0.4, -0.2) is 35.8 Å². The number of hydrogen-bond donors (Lipinski definition) is 1. The van der Waals surface area contributed by atoms with Crippen molar-refractivity contribution in [3.05, 3.63) is 28.8 Å². The van der Waals surface area contributed by atoms with Gasteiger partial charge in [-0.25, -0.2) is 0 Å². The first-order chi connectivity index (χ1) is 8.44. The summed E-state index contributed by atoms with van der Waals surface area (Å²) in [5.41, 5.74) is 0.530. The molecule has 0 amide bonds. The molecular formula is C14H20ClNO2. The third-order valence-electron chi connectivity index (χ3n) is 3.71. The molecule has 0 aromatic heterocycles. The first-order valence-electron chi connectivity index (χ1n) is 6.22. The fraction of sp³-hybridized carbons (Fsp3) is 0.571. The van der Waals surface area contributed by atoms with Gasteiger partial charge in [-0.2, -0.15) is 0 Å². The third kappa shape index (κ3) is 2.63. The Morgan fingerprint density at radius 2 is 2.11 bits per heavy atom. The Bertz CT molecular complexity index is 428. The molecule has 2 rings (SSSR count). The highest BCUT2D eigenvalue weighted by Crippen LogP contribution is 2.32. The van der Waals surface area contributed by atoms with Crippen molar-refractivity contribution in [2.75, 3.05) is 20.2 Å². The van der Waals surface area contributed by atoms with E-state index in [9.17, 15) is 5.11 Å². The number of rotatable bonds is 4. The molecule has 0 unspecified atom stereocenters. The lowest BCUT2D eigenvalue weighted by molar-refractivity contribution is -0.130. The predicted molar refractivity (Wildman–Crippen MR) is 73.1 cm³/mol. The van der Waals surface area contributed by atoms with E-state index < -0.39 is 5.60 Å². The highest BCUT2D eigenvalue weighted by atomic mass is 35.5. The minimum Gasteiger partial charge on any atom is -0.496 e. The van der Waals surface area contributed by atoms with Gasteiger partial charge >= 0.3 is 0 Å². The summed E-state index contributed by atoms with van der Waals surface area (Å²) in [6.07, 6.45) is 0. The molecule has 1 N–H and O–H groups in total. The lowest BCUT2D eigenvalue weighted by Crippen LogP contribution is -2.63. The zero-order valence-corrected chi connectivity index (χ0v) is 11.9. The first kappa shape index (κ1) is 13.7. The molecule has 1 saturated heterocycles. The number of benzene rings is 1. The van der Waals surface area contributed by atoms with E-state index in [1.165, 1.54) is 0 Å². The largest absolute Gasteiger partial charge is 0.496 e. The second-order valence-corrected chi connectivity index (χ2v) is 5.80. The van der Waals surface area contributed by atoms with Crippen LogP contribution in [0.2, 0.25) is 5.02 Å². The molecule has 1 aliphatic heterocycles. The number of β-amino-alcohol motifs (C(OH)–C–C–N with tert-alkyl or cyclic N) is 1. The van der Waals surface area contributed by atoms with E-state index in [1.807, 2.05) is 18.2 Å². The third-order valence-corrected chi connectivity index (χ3v) is 3.94. The number of hydrogen-bond acceptors (Lipinski definition) is 3. The Hall–Kier alpha value is -0.770. The van der Waals surface area contributed by atoms with Crippen molar-refractivity contribution < 1.29 is 9.84 Å². The van der Waals surface area contributed by atoms with Crippen molar-refractivity contribution in [3.8, 4) is 5.75 Å². The van der Waals surface area contributed by atoms with Gasteiger partial charge in [-0.15, -0.1) is 0 Å². The second kappa shape index (κ2) is 5.08. The summed E-state index contributed by atoms with van der Waals surface area (Å²) in [5.74, 6) is 1.13. The van der Waals surface area contributed by atoms with Gasteiger partial charge in [0.1, 0.15) is 5.75 Å². The standard InChI is InChI=1S/C14H20ClNO2/c1-10(2)14(17)8-16(9-14)7-11-6-12(15)4-5-13(11)18-3/h4-6,10,17H,7-9H2,1-3H3. The molecule has 0 saturated carbocycles. The minimum atomic E-state index is -0.536. The predicted octanol–water partition coefficient (Wildman–Crippen LogP) is 2.55. The van der Waals surface area contributed by atoms with Crippen LogP contribution in [0.15, 0.2) is 18.2 Å². The van der Waals surface area contributed by atoms with Crippen LogP contribution in [0.1, 0.15) is 19.4 Å². The highest BCUT2D eigenvalue weighted by Gasteiger charge is 2.43. The minimum absolute atomic E-state index is 0.287. The Kier molecular flexibility index (Phi) is 3.85. The maximum absolute atomic E-state index is 10.2. The quantitative estimate of drug-likeness (QED) is 0.912. The summed E-state index contributed by atoms with van der Waals surface area (Å²) >= 11 is 6.00. The molecule has 18 heavy (non-hydrogen) atoms. The van der Waals surface area contributed by atoms with Crippen LogP contribution in [0.4, 0.5) is 0 Å². The average molecular weight is 270 g/mol. The number of methoxy groups -OCH3 is 1. The van der Waals surface area contributed by atoms with Crippen LogP contribution in [0.25, 0.3) is 0 Å². The van der Waals surface area contributed by atoms with Gasteiger partial charge < -0.3 is 9.84 Å². The summed E-state index contributed by atoms with van der Waals surface area (Å²) in [4.78, 5) is 2.20. The molecule has 1 aromatic carbocycles. The van der Waals surface area contributed by atoms with Crippen LogP contribution in [0.3, 0.4) is 0 Å². The number of halogens is 1. The molecule has 1 aliphatic rings. The Balaban J connectivity index is 2.02. The molecule has 4 heteroatoms. The van der Waals surface area contributed by atoms with Gasteiger partial charge in [-0.1, -0.05) is 25.4 Å². The Labute approximate surface area is 113 Å². The van der Waals surface area contributed by atoms with E-state index in [0.717, 1.165) is 17.9 Å². The molecule has 1 fully saturated rings. The van der Waals surface area contributed by atoms with Gasteiger partial charge in [-0.05, 0) is 24.1 Å². The number of aliphatic hydroxyl groups is 1. The molecule has 0 radical (unpaired) electrons. The van der Waals surface area contributed by atoms with E-state index in [4.69, 9.17) is 16.3 Å². The van der Waals surface area contributed by atoms with Gasteiger partial charge in [0.05, 0.1) is 12.7 Å². The summed E-state index contributed by atoms with van der Waals surface area (Å²) in [6, 6.07) is 5.63. The molecule has 0 atom stereocenters.